The summed E-state index contributed by atoms with van der Waals surface area (Å²) in [6.45, 7) is 0.881. The second-order valence-electron chi connectivity index (χ2n) is 0.789. The van der Waals surface area contributed by atoms with Crippen LogP contribution in [-0.4, -0.2) is 34.5 Å². The van der Waals surface area contributed by atoms with Gasteiger partial charge in [0.15, 0.2) is 0 Å². The van der Waals surface area contributed by atoms with Gasteiger partial charge in [0, 0.05) is 0 Å². The summed E-state index contributed by atoms with van der Waals surface area (Å²) in [6, 6.07) is 0. The number of hydrogen-bond acceptors (Lipinski definition) is 1. The Kier molecular flexibility index (Phi) is 4.91. The van der Waals surface area contributed by atoms with Gasteiger partial charge in [-0.05, 0) is 0 Å². The van der Waals surface area contributed by atoms with Gasteiger partial charge in [-0.2, -0.15) is 0 Å². The van der Waals surface area contributed by atoms with Crippen molar-refractivity contribution in [3.05, 3.63) is 0 Å². The van der Waals surface area contributed by atoms with Gasteiger partial charge >= 0.3 is 43.9 Å². The van der Waals surface area contributed by atoms with Gasteiger partial charge in [-0.25, -0.2) is 0 Å². The van der Waals surface area contributed by atoms with Gasteiger partial charge in [-0.3, -0.25) is 0 Å². The fourth-order valence-corrected chi connectivity index (χ4v) is 0. The molecular formula is C2H6NNa. The van der Waals surface area contributed by atoms with Crippen molar-refractivity contribution in [3.8, 4) is 0 Å². The molecule has 0 rings (SSSR count). The molecule has 2 N–H and O–H groups in total. The van der Waals surface area contributed by atoms with Crippen molar-refractivity contribution >= 4 is 27.9 Å². The van der Waals surface area contributed by atoms with E-state index in [0.717, 1.165) is 6.54 Å². The molecular weight excluding hydrogens is 61.0 g/mol. The second-order valence-corrected chi connectivity index (χ2v) is 1.79. The van der Waals surface area contributed by atoms with Gasteiger partial charge < -0.3 is 0 Å². The molecule has 0 radical (unpaired) electrons. The molecule has 0 saturated carbocycles. The van der Waals surface area contributed by atoms with E-state index in [0.29, 0.717) is 0 Å². The zero-order valence-corrected chi connectivity index (χ0v) is 4.99. The van der Waals surface area contributed by atoms with Gasteiger partial charge in [0.25, 0.3) is 0 Å². The maximum absolute atomic E-state index is 5.06. The van der Waals surface area contributed by atoms with Crippen LogP contribution in [0.4, 0.5) is 0 Å². The Morgan fingerprint density at radius 3 is 2.00 bits per heavy atom. The molecule has 1 nitrogen and oxygen atoms in total. The molecule has 4 heavy (non-hydrogen) atoms. The normalized spacial score (nSPS) is 7.75. The van der Waals surface area contributed by atoms with E-state index in [1.807, 2.05) is 0 Å². The Morgan fingerprint density at radius 1 is 1.75 bits per heavy atom. The molecule has 0 fully saturated rings. The average molecular weight is 67.1 g/mol. The number of hydrogen-bond donors (Lipinski definition) is 1. The van der Waals surface area contributed by atoms with Crippen molar-refractivity contribution in [1.29, 1.82) is 0 Å². The number of nitrogens with two attached hydrogens (primary N) is 1. The SMILES string of the molecule is NC[CH2][Na]. The predicted molar refractivity (Wildman–Crippen MR) is 19.6 cm³/mol. The Labute approximate surface area is 44.0 Å². The van der Waals surface area contributed by atoms with Crippen LogP contribution in [0.1, 0.15) is 0 Å². The molecule has 0 spiro atoms. The molecule has 0 aliphatic heterocycles. The standard InChI is InChI=1S/C2H6N.Na/c1-2-3;/h1-3H2;. The summed E-state index contributed by atoms with van der Waals surface area (Å²) in [4.78, 5) is 0. The topological polar surface area (TPSA) is 26.0 Å². The molecule has 0 bridgehead atoms. The predicted octanol–water partition coefficient (Wildman–Crippen LogP) is -0.468. The zero-order valence-electron chi connectivity index (χ0n) is 2.99. The summed E-state index contributed by atoms with van der Waals surface area (Å²) < 4.78 is 1.24. The van der Waals surface area contributed by atoms with Crippen molar-refractivity contribution in [3.63, 3.8) is 0 Å². The van der Waals surface area contributed by atoms with Gasteiger partial charge in [-0.15, -0.1) is 0 Å². The van der Waals surface area contributed by atoms with E-state index in [4.69, 9.17) is 5.73 Å². The third kappa shape index (κ3) is 2.96. The van der Waals surface area contributed by atoms with Crippen molar-refractivity contribution in [2.75, 3.05) is 6.54 Å². The monoisotopic (exact) mass is 67.0 g/mol. The van der Waals surface area contributed by atoms with Crippen LogP contribution in [-0.2, 0) is 0 Å². The van der Waals surface area contributed by atoms with Gasteiger partial charge in [0.1, 0.15) is 0 Å². The van der Waals surface area contributed by atoms with Crippen LogP contribution in [0.15, 0.2) is 0 Å². The average Bonchev–Trinajstić information content (AvgIpc) is 1.37. The van der Waals surface area contributed by atoms with Crippen LogP contribution in [0.5, 0.6) is 0 Å². The van der Waals surface area contributed by atoms with E-state index in [9.17, 15) is 0 Å². The molecule has 0 aliphatic rings. The summed E-state index contributed by atoms with van der Waals surface area (Å²) in [5.74, 6) is 0. The summed E-state index contributed by atoms with van der Waals surface area (Å²) in [6.07, 6.45) is 0. The molecule has 0 amide bonds. The van der Waals surface area contributed by atoms with Crippen molar-refractivity contribution in [2.45, 2.75) is 3.67 Å². The van der Waals surface area contributed by atoms with Crippen LogP contribution in [0.3, 0.4) is 0 Å². The van der Waals surface area contributed by atoms with Crippen LogP contribution in [0.2, 0.25) is 3.67 Å². The Hall–Kier alpha value is 0.960. The molecule has 0 saturated heterocycles. The molecule has 0 aliphatic carbocycles. The molecule has 0 aromatic carbocycles. The maximum atomic E-state index is 5.06. The van der Waals surface area contributed by atoms with Crippen LogP contribution in [0.25, 0.3) is 0 Å². The molecule has 0 aromatic heterocycles. The van der Waals surface area contributed by atoms with E-state index in [2.05, 4.69) is 0 Å². The van der Waals surface area contributed by atoms with E-state index < -0.39 is 0 Å². The van der Waals surface area contributed by atoms with Crippen LogP contribution >= 0.6 is 0 Å². The van der Waals surface area contributed by atoms with Crippen LogP contribution < -0.4 is 5.73 Å². The second kappa shape index (κ2) is 3.96. The Balaban J connectivity index is 1.97. The summed E-state index contributed by atoms with van der Waals surface area (Å²) >= 11 is 1.26. The van der Waals surface area contributed by atoms with Gasteiger partial charge in [0.05, 0.1) is 0 Å². The molecule has 20 valence electrons. The van der Waals surface area contributed by atoms with Crippen molar-refractivity contribution in [2.24, 2.45) is 5.73 Å². The first-order valence-corrected chi connectivity index (χ1v) is 3.03. The van der Waals surface area contributed by atoms with Crippen molar-refractivity contribution in [1.82, 2.24) is 0 Å². The Bertz CT molecular complexity index is 8.00. The molecule has 0 heterocycles. The first-order valence-electron chi connectivity index (χ1n) is 1.62. The molecule has 0 unspecified atom stereocenters. The minimum atomic E-state index is 0.881. The van der Waals surface area contributed by atoms with E-state index >= 15 is 0 Å². The molecule has 0 aromatic rings. The number of rotatable bonds is 1. The first-order chi connectivity index (χ1) is 1.91. The Morgan fingerprint density at radius 2 is 2.00 bits per heavy atom. The van der Waals surface area contributed by atoms with Gasteiger partial charge in [-0.1, -0.05) is 0 Å². The quantitative estimate of drug-likeness (QED) is 0.412. The van der Waals surface area contributed by atoms with Gasteiger partial charge in [0.2, 0.25) is 0 Å². The third-order valence-corrected chi connectivity index (χ3v) is 0.866. The molecule has 2 heteroatoms. The van der Waals surface area contributed by atoms with Crippen LogP contribution in [0, 0.1) is 0 Å². The zero-order chi connectivity index (χ0) is 3.41. The first kappa shape index (κ1) is 4.96. The summed E-state index contributed by atoms with van der Waals surface area (Å²) in [7, 11) is 0. The van der Waals surface area contributed by atoms with E-state index in [1.54, 1.807) is 0 Å². The third-order valence-electron chi connectivity index (χ3n) is 0.289. The van der Waals surface area contributed by atoms with E-state index in [-0.39, 0.29) is 0 Å². The summed E-state index contributed by atoms with van der Waals surface area (Å²) in [5, 5.41) is 0. The molecule has 0 atom stereocenters. The summed E-state index contributed by atoms with van der Waals surface area (Å²) in [5.41, 5.74) is 5.06. The fourth-order valence-electron chi connectivity index (χ4n) is 0. The minimum absolute atomic E-state index is 0.881. The van der Waals surface area contributed by atoms with E-state index in [1.165, 1.54) is 31.6 Å². The van der Waals surface area contributed by atoms with Crippen molar-refractivity contribution < 1.29 is 0 Å². The fraction of sp³-hybridized carbons (Fsp3) is 1.00.